The van der Waals surface area contributed by atoms with Crippen LogP contribution in [0.5, 0.6) is 0 Å². The van der Waals surface area contributed by atoms with Gasteiger partial charge in [-0.1, -0.05) is 6.07 Å². The molecule has 0 atom stereocenters. The molecule has 66 valence electrons. The van der Waals surface area contributed by atoms with Crippen LogP contribution in [0.2, 0.25) is 0 Å². The molecular formula is C9H14N2O. The van der Waals surface area contributed by atoms with Gasteiger partial charge in [0.25, 0.3) is 0 Å². The van der Waals surface area contributed by atoms with Crippen molar-refractivity contribution in [2.24, 2.45) is 0 Å². The fraction of sp³-hybridized carbons (Fsp3) is 0.444. The zero-order valence-electron chi connectivity index (χ0n) is 7.29. The molecule has 0 aromatic carbocycles. The molecule has 0 aliphatic heterocycles. The van der Waals surface area contributed by atoms with E-state index in [0.717, 1.165) is 25.4 Å². The number of nitrogens with one attached hydrogen (secondary N) is 1. The van der Waals surface area contributed by atoms with E-state index in [0.29, 0.717) is 0 Å². The Balaban J connectivity index is 2.16. The minimum atomic E-state index is 0.743. The Labute approximate surface area is 72.8 Å². The average Bonchev–Trinajstić information content (AvgIpc) is 2.14. The maximum absolute atomic E-state index is 4.90. The maximum Gasteiger partial charge on any atom is 0.0587 e. The fourth-order valence-corrected chi connectivity index (χ4v) is 0.893. The first-order valence-corrected chi connectivity index (χ1v) is 4.03. The molecule has 1 aromatic rings. The maximum atomic E-state index is 4.90. The topological polar surface area (TPSA) is 34.1 Å². The molecule has 3 nitrogen and oxygen atoms in total. The van der Waals surface area contributed by atoms with Crippen LogP contribution in [-0.4, -0.2) is 25.2 Å². The highest BCUT2D eigenvalue weighted by Gasteiger charge is 1.90. The Morgan fingerprint density at radius 1 is 1.50 bits per heavy atom. The first kappa shape index (κ1) is 9.16. The quantitative estimate of drug-likeness (QED) is 0.657. The molecule has 0 aliphatic rings. The molecule has 0 unspecified atom stereocenters. The van der Waals surface area contributed by atoms with Gasteiger partial charge in [0.15, 0.2) is 0 Å². The van der Waals surface area contributed by atoms with Crippen LogP contribution < -0.4 is 5.32 Å². The molecule has 12 heavy (non-hydrogen) atoms. The van der Waals surface area contributed by atoms with Crippen molar-refractivity contribution in [3.05, 3.63) is 30.1 Å². The molecule has 0 saturated carbocycles. The van der Waals surface area contributed by atoms with Crippen molar-refractivity contribution in [3.8, 4) is 0 Å². The number of hydrogen-bond acceptors (Lipinski definition) is 3. The number of aromatic nitrogens is 1. The third kappa shape index (κ3) is 3.46. The Bertz CT molecular complexity index is 201. The predicted molar refractivity (Wildman–Crippen MR) is 47.8 cm³/mol. The van der Waals surface area contributed by atoms with Gasteiger partial charge in [-0.3, -0.25) is 4.98 Å². The zero-order valence-corrected chi connectivity index (χ0v) is 7.29. The lowest BCUT2D eigenvalue weighted by atomic mass is 10.3. The van der Waals surface area contributed by atoms with Crippen LogP contribution in [0.3, 0.4) is 0 Å². The molecular weight excluding hydrogens is 152 g/mol. The van der Waals surface area contributed by atoms with Gasteiger partial charge in [-0.05, 0) is 12.1 Å². The minimum absolute atomic E-state index is 0.743. The number of hydrogen-bond donors (Lipinski definition) is 1. The highest BCUT2D eigenvalue weighted by atomic mass is 16.5. The Morgan fingerprint density at radius 3 is 3.08 bits per heavy atom. The summed E-state index contributed by atoms with van der Waals surface area (Å²) >= 11 is 0. The van der Waals surface area contributed by atoms with Gasteiger partial charge in [0.2, 0.25) is 0 Å². The van der Waals surface area contributed by atoms with Crippen molar-refractivity contribution in [2.75, 3.05) is 20.3 Å². The van der Waals surface area contributed by atoms with E-state index in [4.69, 9.17) is 4.74 Å². The molecule has 0 spiro atoms. The number of rotatable bonds is 5. The Hall–Kier alpha value is -0.930. The molecule has 0 saturated heterocycles. The van der Waals surface area contributed by atoms with Crippen LogP contribution in [0.1, 0.15) is 5.69 Å². The van der Waals surface area contributed by atoms with Crippen LogP contribution in [0.15, 0.2) is 24.4 Å². The van der Waals surface area contributed by atoms with Crippen molar-refractivity contribution >= 4 is 0 Å². The van der Waals surface area contributed by atoms with E-state index in [1.54, 1.807) is 13.3 Å². The normalized spacial score (nSPS) is 10.1. The number of nitrogens with zero attached hydrogens (tertiary/aromatic N) is 1. The molecule has 1 N–H and O–H groups in total. The van der Waals surface area contributed by atoms with E-state index >= 15 is 0 Å². The van der Waals surface area contributed by atoms with Crippen LogP contribution in [-0.2, 0) is 11.3 Å². The molecule has 1 aromatic heterocycles. The van der Waals surface area contributed by atoms with E-state index in [2.05, 4.69) is 10.3 Å². The summed E-state index contributed by atoms with van der Waals surface area (Å²) in [5.41, 5.74) is 1.06. The van der Waals surface area contributed by atoms with Gasteiger partial charge in [0.05, 0.1) is 12.3 Å². The van der Waals surface area contributed by atoms with E-state index in [1.807, 2.05) is 18.2 Å². The fourth-order valence-electron chi connectivity index (χ4n) is 0.893. The molecule has 1 heterocycles. The number of ether oxygens (including phenoxy) is 1. The van der Waals surface area contributed by atoms with Crippen molar-refractivity contribution in [1.29, 1.82) is 0 Å². The van der Waals surface area contributed by atoms with E-state index in [1.165, 1.54) is 0 Å². The summed E-state index contributed by atoms with van der Waals surface area (Å²) in [5.74, 6) is 0. The summed E-state index contributed by atoms with van der Waals surface area (Å²) < 4.78 is 4.90. The largest absolute Gasteiger partial charge is 0.383 e. The van der Waals surface area contributed by atoms with Gasteiger partial charge in [-0.15, -0.1) is 0 Å². The van der Waals surface area contributed by atoms with E-state index in [-0.39, 0.29) is 0 Å². The first-order valence-electron chi connectivity index (χ1n) is 4.03. The SMILES string of the molecule is COCCNCc1ccccn1. The lowest BCUT2D eigenvalue weighted by Crippen LogP contribution is -2.18. The molecule has 0 fully saturated rings. The van der Waals surface area contributed by atoms with Gasteiger partial charge in [0.1, 0.15) is 0 Å². The zero-order chi connectivity index (χ0) is 8.65. The second kappa shape index (κ2) is 5.69. The molecule has 0 bridgehead atoms. The summed E-state index contributed by atoms with van der Waals surface area (Å²) in [7, 11) is 1.70. The highest BCUT2D eigenvalue weighted by Crippen LogP contribution is 1.90. The van der Waals surface area contributed by atoms with Crippen molar-refractivity contribution in [3.63, 3.8) is 0 Å². The standard InChI is InChI=1S/C9H14N2O/c1-12-7-6-10-8-9-4-2-3-5-11-9/h2-5,10H,6-8H2,1H3. The summed E-state index contributed by atoms with van der Waals surface area (Å²) in [4.78, 5) is 4.17. The van der Waals surface area contributed by atoms with E-state index in [9.17, 15) is 0 Å². The molecule has 3 heteroatoms. The van der Waals surface area contributed by atoms with Gasteiger partial charge in [-0.25, -0.2) is 0 Å². The predicted octanol–water partition coefficient (Wildman–Crippen LogP) is 0.818. The minimum Gasteiger partial charge on any atom is -0.383 e. The number of methoxy groups -OCH3 is 1. The molecule has 0 radical (unpaired) electrons. The summed E-state index contributed by atoms with van der Waals surface area (Å²) in [6.45, 7) is 2.42. The van der Waals surface area contributed by atoms with Crippen molar-refractivity contribution in [1.82, 2.24) is 10.3 Å². The summed E-state index contributed by atoms with van der Waals surface area (Å²) in [6, 6.07) is 5.90. The van der Waals surface area contributed by atoms with Gasteiger partial charge < -0.3 is 10.1 Å². The van der Waals surface area contributed by atoms with Crippen LogP contribution in [0, 0.1) is 0 Å². The highest BCUT2D eigenvalue weighted by molar-refractivity contribution is 5.02. The summed E-state index contributed by atoms with van der Waals surface area (Å²) in [5, 5.41) is 3.22. The van der Waals surface area contributed by atoms with Crippen LogP contribution >= 0.6 is 0 Å². The first-order chi connectivity index (χ1) is 5.93. The van der Waals surface area contributed by atoms with Crippen molar-refractivity contribution < 1.29 is 4.74 Å². The molecule has 0 aliphatic carbocycles. The molecule has 1 rings (SSSR count). The number of pyridine rings is 1. The van der Waals surface area contributed by atoms with Gasteiger partial charge >= 0.3 is 0 Å². The third-order valence-corrected chi connectivity index (χ3v) is 1.52. The van der Waals surface area contributed by atoms with Crippen LogP contribution in [0.25, 0.3) is 0 Å². The monoisotopic (exact) mass is 166 g/mol. The lowest BCUT2D eigenvalue weighted by Gasteiger charge is -2.02. The average molecular weight is 166 g/mol. The lowest BCUT2D eigenvalue weighted by molar-refractivity contribution is 0.199. The second-order valence-electron chi connectivity index (χ2n) is 2.49. The smallest absolute Gasteiger partial charge is 0.0587 e. The van der Waals surface area contributed by atoms with Gasteiger partial charge in [-0.2, -0.15) is 0 Å². The Kier molecular flexibility index (Phi) is 4.34. The van der Waals surface area contributed by atoms with Crippen LogP contribution in [0.4, 0.5) is 0 Å². The summed E-state index contributed by atoms with van der Waals surface area (Å²) in [6.07, 6.45) is 1.80. The Morgan fingerprint density at radius 2 is 2.42 bits per heavy atom. The second-order valence-corrected chi connectivity index (χ2v) is 2.49. The van der Waals surface area contributed by atoms with E-state index < -0.39 is 0 Å². The van der Waals surface area contributed by atoms with Crippen molar-refractivity contribution in [2.45, 2.75) is 6.54 Å². The van der Waals surface area contributed by atoms with Gasteiger partial charge in [0, 0.05) is 26.4 Å². The third-order valence-electron chi connectivity index (χ3n) is 1.52. The molecule has 0 amide bonds.